The van der Waals surface area contributed by atoms with E-state index in [1.54, 1.807) is 23.5 Å². The van der Waals surface area contributed by atoms with Crippen molar-refractivity contribution in [1.82, 2.24) is 20.4 Å². The molecule has 1 aliphatic rings. The lowest BCUT2D eigenvalue weighted by atomic mass is 10.1. The van der Waals surface area contributed by atoms with Gasteiger partial charge in [-0.2, -0.15) is 4.98 Å². The van der Waals surface area contributed by atoms with Gasteiger partial charge in [0.05, 0.1) is 10.9 Å². The molecule has 1 aliphatic heterocycles. The van der Waals surface area contributed by atoms with Crippen LogP contribution in [0.1, 0.15) is 16.7 Å². The number of nitrogens with one attached hydrogen (secondary N) is 1. The molecule has 3 heterocycles. The van der Waals surface area contributed by atoms with E-state index in [2.05, 4.69) is 27.4 Å². The van der Waals surface area contributed by atoms with E-state index in [0.29, 0.717) is 11.7 Å². The number of hydrogen-bond acceptors (Lipinski definition) is 6. The number of aromatic nitrogens is 2. The van der Waals surface area contributed by atoms with Crippen molar-refractivity contribution >= 4 is 11.3 Å². The van der Waals surface area contributed by atoms with Crippen molar-refractivity contribution in [2.45, 2.75) is 13.0 Å². The van der Waals surface area contributed by atoms with Gasteiger partial charge in [-0.15, -0.1) is 11.3 Å². The zero-order valence-corrected chi connectivity index (χ0v) is 14.9. The van der Waals surface area contributed by atoms with Crippen LogP contribution >= 0.6 is 11.3 Å². The Balaban J connectivity index is 1.63. The summed E-state index contributed by atoms with van der Waals surface area (Å²) in [5, 5.41) is 7.54. The van der Waals surface area contributed by atoms with E-state index in [4.69, 9.17) is 4.52 Å². The Morgan fingerprint density at radius 3 is 2.88 bits per heavy atom. The van der Waals surface area contributed by atoms with E-state index in [1.165, 1.54) is 12.1 Å². The van der Waals surface area contributed by atoms with Gasteiger partial charge in [0.15, 0.2) is 5.82 Å². The molecule has 25 heavy (non-hydrogen) atoms. The second-order valence-electron chi connectivity index (χ2n) is 6.25. The molecule has 4 rings (SSSR count). The highest BCUT2D eigenvalue weighted by atomic mass is 32.1. The average Bonchev–Trinajstić information content (AvgIpc) is 3.23. The summed E-state index contributed by atoms with van der Waals surface area (Å²) in [5.74, 6) is 1.01. The van der Waals surface area contributed by atoms with Gasteiger partial charge in [-0.25, -0.2) is 4.39 Å². The van der Waals surface area contributed by atoms with Crippen LogP contribution in [0, 0.1) is 12.7 Å². The van der Waals surface area contributed by atoms with Crippen molar-refractivity contribution in [2.24, 2.45) is 0 Å². The lowest BCUT2D eigenvalue weighted by molar-refractivity contribution is 0.190. The number of halogens is 1. The van der Waals surface area contributed by atoms with Crippen LogP contribution in [0.5, 0.6) is 0 Å². The monoisotopic (exact) mass is 358 g/mol. The zero-order valence-electron chi connectivity index (χ0n) is 14.1. The van der Waals surface area contributed by atoms with Crippen LogP contribution in [0.2, 0.25) is 0 Å². The Hall–Kier alpha value is -2.09. The summed E-state index contributed by atoms with van der Waals surface area (Å²) in [7, 11) is 2.07. The molecule has 1 fully saturated rings. The van der Waals surface area contributed by atoms with Gasteiger partial charge in [0.1, 0.15) is 5.82 Å². The van der Waals surface area contributed by atoms with Crippen LogP contribution < -0.4 is 5.32 Å². The highest BCUT2D eigenvalue weighted by Gasteiger charge is 2.26. The van der Waals surface area contributed by atoms with Gasteiger partial charge in [0.2, 0.25) is 0 Å². The van der Waals surface area contributed by atoms with Crippen molar-refractivity contribution in [2.75, 3.05) is 26.7 Å². The largest absolute Gasteiger partial charge is 0.333 e. The molecule has 7 heteroatoms. The lowest BCUT2D eigenvalue weighted by Gasteiger charge is -2.30. The van der Waals surface area contributed by atoms with Gasteiger partial charge in [-0.05, 0) is 43.3 Å². The second kappa shape index (κ2) is 6.67. The fourth-order valence-electron chi connectivity index (χ4n) is 3.07. The fraction of sp³-hybridized carbons (Fsp3) is 0.333. The highest BCUT2D eigenvalue weighted by Crippen LogP contribution is 2.36. The first-order chi connectivity index (χ1) is 12.1. The van der Waals surface area contributed by atoms with Crippen LogP contribution in [0.25, 0.3) is 21.9 Å². The molecule has 5 nitrogen and oxygen atoms in total. The number of piperazine rings is 1. The Kier molecular flexibility index (Phi) is 4.37. The average molecular weight is 358 g/mol. The van der Waals surface area contributed by atoms with Gasteiger partial charge >= 0.3 is 0 Å². The maximum atomic E-state index is 13.1. The molecule has 0 spiro atoms. The standard InChI is InChI=1S/C18H19FN4OS/c1-11-14(12-3-5-13(19)6-4-12)9-16(25-11)18-21-17(22-24-18)15-10-20-7-8-23(15)2/h3-6,9,15,20H,7-8,10H2,1-2H3. The Morgan fingerprint density at radius 2 is 2.12 bits per heavy atom. The van der Waals surface area contributed by atoms with Gasteiger partial charge < -0.3 is 9.84 Å². The van der Waals surface area contributed by atoms with Crippen LogP contribution in [-0.2, 0) is 0 Å². The van der Waals surface area contributed by atoms with E-state index in [-0.39, 0.29) is 11.9 Å². The maximum absolute atomic E-state index is 13.1. The van der Waals surface area contributed by atoms with Crippen LogP contribution in [0.4, 0.5) is 4.39 Å². The Morgan fingerprint density at radius 1 is 1.32 bits per heavy atom. The highest BCUT2D eigenvalue weighted by molar-refractivity contribution is 7.15. The first-order valence-electron chi connectivity index (χ1n) is 8.23. The topological polar surface area (TPSA) is 54.2 Å². The van der Waals surface area contributed by atoms with E-state index in [1.807, 2.05) is 13.0 Å². The summed E-state index contributed by atoms with van der Waals surface area (Å²) in [5.41, 5.74) is 2.05. The Bertz CT molecular complexity index is 874. The molecule has 3 aromatic rings. The number of hydrogen-bond donors (Lipinski definition) is 1. The minimum absolute atomic E-state index is 0.129. The zero-order chi connectivity index (χ0) is 17.4. The first kappa shape index (κ1) is 16.4. The Labute approximate surface area is 149 Å². The van der Waals surface area contributed by atoms with E-state index < -0.39 is 0 Å². The minimum Gasteiger partial charge on any atom is -0.333 e. The van der Waals surface area contributed by atoms with Crippen LogP contribution in [-0.4, -0.2) is 41.7 Å². The fourth-order valence-corrected chi connectivity index (χ4v) is 4.03. The number of benzene rings is 1. The van der Waals surface area contributed by atoms with Crippen molar-refractivity contribution in [1.29, 1.82) is 0 Å². The minimum atomic E-state index is -0.233. The third-order valence-corrected chi connectivity index (χ3v) is 5.57. The predicted molar refractivity (Wildman–Crippen MR) is 96.0 cm³/mol. The van der Waals surface area contributed by atoms with Crippen molar-refractivity contribution in [3.8, 4) is 21.9 Å². The molecule has 0 amide bonds. The first-order valence-corrected chi connectivity index (χ1v) is 9.05. The number of aryl methyl sites for hydroxylation is 1. The van der Waals surface area contributed by atoms with Gasteiger partial charge in [-0.1, -0.05) is 17.3 Å². The molecule has 0 aliphatic carbocycles. The van der Waals surface area contributed by atoms with E-state index in [9.17, 15) is 4.39 Å². The predicted octanol–water partition coefficient (Wildman–Crippen LogP) is 3.49. The van der Waals surface area contributed by atoms with E-state index in [0.717, 1.165) is 40.5 Å². The summed E-state index contributed by atoms with van der Waals surface area (Å²) >= 11 is 1.61. The number of nitrogens with zero attached hydrogens (tertiary/aromatic N) is 3. The van der Waals surface area contributed by atoms with Crippen molar-refractivity contribution < 1.29 is 8.91 Å². The molecule has 1 saturated heterocycles. The van der Waals surface area contributed by atoms with Gasteiger partial charge in [0.25, 0.3) is 5.89 Å². The summed E-state index contributed by atoms with van der Waals surface area (Å²) in [6, 6.07) is 8.69. The summed E-state index contributed by atoms with van der Waals surface area (Å²) in [6.07, 6.45) is 0. The molecule has 1 N–H and O–H groups in total. The SMILES string of the molecule is Cc1sc(-c2nc(C3CNCCN3C)no2)cc1-c1ccc(F)cc1. The molecule has 1 aromatic carbocycles. The van der Waals surface area contributed by atoms with Gasteiger partial charge in [-0.3, -0.25) is 4.90 Å². The molecule has 0 bridgehead atoms. The molecule has 130 valence electrons. The molecular weight excluding hydrogens is 339 g/mol. The van der Waals surface area contributed by atoms with Crippen LogP contribution in [0.15, 0.2) is 34.9 Å². The smallest absolute Gasteiger partial charge is 0.268 e. The summed E-state index contributed by atoms with van der Waals surface area (Å²) in [6.45, 7) is 4.80. The number of thiophene rings is 1. The van der Waals surface area contributed by atoms with Gasteiger partial charge in [0, 0.05) is 24.5 Å². The third-order valence-electron chi connectivity index (χ3n) is 4.53. The van der Waals surface area contributed by atoms with Crippen molar-refractivity contribution in [3.05, 3.63) is 46.9 Å². The second-order valence-corrected chi connectivity index (χ2v) is 7.50. The molecule has 2 aromatic heterocycles. The van der Waals surface area contributed by atoms with Crippen molar-refractivity contribution in [3.63, 3.8) is 0 Å². The molecule has 1 atom stereocenters. The third kappa shape index (κ3) is 3.22. The number of rotatable bonds is 3. The molecule has 0 radical (unpaired) electrons. The van der Waals surface area contributed by atoms with E-state index >= 15 is 0 Å². The summed E-state index contributed by atoms with van der Waals surface area (Å²) in [4.78, 5) is 8.91. The van der Waals surface area contributed by atoms with Crippen LogP contribution in [0.3, 0.4) is 0 Å². The summed E-state index contributed by atoms with van der Waals surface area (Å²) < 4.78 is 18.7. The molecule has 1 unspecified atom stereocenters. The normalized spacial score (nSPS) is 18.6. The lowest BCUT2D eigenvalue weighted by Crippen LogP contribution is -2.44. The maximum Gasteiger partial charge on any atom is 0.268 e. The molecule has 0 saturated carbocycles. The molecular formula is C18H19FN4OS. The number of likely N-dealkylation sites (N-methyl/N-ethyl adjacent to an activating group) is 1. The quantitative estimate of drug-likeness (QED) is 0.777.